The third-order valence-corrected chi connectivity index (χ3v) is 2.59. The van der Waals surface area contributed by atoms with Crippen LogP contribution in [-0.2, 0) is 9.53 Å². The van der Waals surface area contributed by atoms with Gasteiger partial charge in [-0.15, -0.1) is 0 Å². The zero-order chi connectivity index (χ0) is 12.8. The summed E-state index contributed by atoms with van der Waals surface area (Å²) in [5.41, 5.74) is 1.38. The zero-order valence-corrected chi connectivity index (χ0v) is 10.3. The second-order valence-corrected chi connectivity index (χ2v) is 3.85. The molecule has 1 aromatic rings. The lowest BCUT2D eigenvalue weighted by Crippen LogP contribution is -2.17. The first-order chi connectivity index (χ1) is 8.10. The Morgan fingerprint density at radius 2 is 2.00 bits per heavy atom. The quantitative estimate of drug-likeness (QED) is 0.627. The number of Topliss-reactive ketones (excluding diaryl/α,β-unsaturated/α-hetero) is 1. The largest absolute Gasteiger partial charge is 0.469 e. The summed E-state index contributed by atoms with van der Waals surface area (Å²) in [6.45, 7) is 1.69. The van der Waals surface area contributed by atoms with E-state index in [0.717, 1.165) is 5.69 Å². The van der Waals surface area contributed by atoms with E-state index in [0.29, 0.717) is 5.56 Å². The average Bonchev–Trinajstić information content (AvgIpc) is 2.37. The SMILES string of the molecule is CNc1ccccc1C(=O)C[C@H](C)C(=O)OC. The maximum Gasteiger partial charge on any atom is 0.308 e. The van der Waals surface area contributed by atoms with E-state index in [9.17, 15) is 9.59 Å². The molecular formula is C13H17NO3. The van der Waals surface area contributed by atoms with E-state index in [-0.39, 0.29) is 18.2 Å². The summed E-state index contributed by atoms with van der Waals surface area (Å²) < 4.78 is 4.60. The fourth-order valence-corrected chi connectivity index (χ4v) is 1.62. The normalized spacial score (nSPS) is 11.7. The minimum Gasteiger partial charge on any atom is -0.469 e. The Kier molecular flexibility index (Phi) is 4.69. The lowest BCUT2D eigenvalue weighted by atomic mass is 9.98. The van der Waals surface area contributed by atoms with Crippen molar-refractivity contribution >= 4 is 17.4 Å². The summed E-state index contributed by atoms with van der Waals surface area (Å²) in [5, 5.41) is 2.96. The number of hydrogen-bond acceptors (Lipinski definition) is 4. The molecular weight excluding hydrogens is 218 g/mol. The van der Waals surface area contributed by atoms with Crippen molar-refractivity contribution in [2.24, 2.45) is 5.92 Å². The van der Waals surface area contributed by atoms with Crippen LogP contribution < -0.4 is 5.32 Å². The molecule has 92 valence electrons. The summed E-state index contributed by atoms with van der Waals surface area (Å²) in [6.07, 6.45) is 0.158. The van der Waals surface area contributed by atoms with Gasteiger partial charge >= 0.3 is 5.97 Å². The minimum atomic E-state index is -0.419. The molecule has 0 aliphatic heterocycles. The Hall–Kier alpha value is -1.84. The number of ether oxygens (including phenoxy) is 1. The van der Waals surface area contributed by atoms with E-state index in [1.165, 1.54) is 7.11 Å². The highest BCUT2D eigenvalue weighted by Gasteiger charge is 2.19. The second kappa shape index (κ2) is 6.03. The van der Waals surface area contributed by atoms with Crippen molar-refractivity contribution in [3.8, 4) is 0 Å². The van der Waals surface area contributed by atoms with Gasteiger partial charge in [-0.1, -0.05) is 19.1 Å². The molecule has 0 spiro atoms. The van der Waals surface area contributed by atoms with Crippen LogP contribution in [0.4, 0.5) is 5.69 Å². The predicted molar refractivity (Wildman–Crippen MR) is 66.1 cm³/mol. The van der Waals surface area contributed by atoms with Crippen LogP contribution >= 0.6 is 0 Å². The van der Waals surface area contributed by atoms with Crippen molar-refractivity contribution in [1.29, 1.82) is 0 Å². The van der Waals surface area contributed by atoms with Gasteiger partial charge in [0.05, 0.1) is 13.0 Å². The van der Waals surface area contributed by atoms with Gasteiger partial charge in [0, 0.05) is 24.7 Å². The summed E-state index contributed by atoms with van der Waals surface area (Å²) in [6, 6.07) is 7.23. The monoisotopic (exact) mass is 235 g/mol. The number of anilines is 1. The molecule has 1 rings (SSSR count). The number of nitrogens with one attached hydrogen (secondary N) is 1. The van der Waals surface area contributed by atoms with Crippen LogP contribution in [0.25, 0.3) is 0 Å². The molecule has 0 amide bonds. The number of rotatable bonds is 5. The molecule has 0 saturated carbocycles. The number of esters is 1. The Balaban J connectivity index is 2.79. The Labute approximate surface area is 101 Å². The molecule has 0 unspecified atom stereocenters. The lowest BCUT2D eigenvalue weighted by molar-refractivity contribution is -0.144. The number of ketones is 1. The van der Waals surface area contributed by atoms with Crippen LogP contribution in [0, 0.1) is 5.92 Å². The van der Waals surface area contributed by atoms with E-state index in [1.807, 2.05) is 12.1 Å². The van der Waals surface area contributed by atoms with Gasteiger partial charge in [0.2, 0.25) is 0 Å². The van der Waals surface area contributed by atoms with E-state index >= 15 is 0 Å². The number of para-hydroxylation sites is 1. The zero-order valence-electron chi connectivity index (χ0n) is 10.3. The van der Waals surface area contributed by atoms with E-state index in [1.54, 1.807) is 26.1 Å². The fraction of sp³-hybridized carbons (Fsp3) is 0.385. The van der Waals surface area contributed by atoms with E-state index in [2.05, 4.69) is 10.1 Å². The third kappa shape index (κ3) is 3.31. The van der Waals surface area contributed by atoms with Gasteiger partial charge in [0.25, 0.3) is 0 Å². The number of hydrogen-bond donors (Lipinski definition) is 1. The number of benzene rings is 1. The smallest absolute Gasteiger partial charge is 0.308 e. The van der Waals surface area contributed by atoms with Crippen LogP contribution in [0.3, 0.4) is 0 Å². The number of carbonyl (C=O) groups excluding carboxylic acids is 2. The molecule has 17 heavy (non-hydrogen) atoms. The molecule has 0 aliphatic rings. The Morgan fingerprint density at radius 3 is 2.59 bits per heavy atom. The van der Waals surface area contributed by atoms with Crippen LogP contribution in [0.15, 0.2) is 24.3 Å². The molecule has 1 N–H and O–H groups in total. The van der Waals surface area contributed by atoms with Gasteiger partial charge in [-0.25, -0.2) is 0 Å². The molecule has 1 atom stereocenters. The number of carbonyl (C=O) groups is 2. The van der Waals surface area contributed by atoms with Crippen molar-refractivity contribution in [2.45, 2.75) is 13.3 Å². The van der Waals surface area contributed by atoms with Gasteiger partial charge in [-0.05, 0) is 12.1 Å². The van der Waals surface area contributed by atoms with Gasteiger partial charge < -0.3 is 10.1 Å². The van der Waals surface area contributed by atoms with Gasteiger partial charge in [0.15, 0.2) is 5.78 Å². The molecule has 0 saturated heterocycles. The highest BCUT2D eigenvalue weighted by molar-refractivity contribution is 6.02. The Morgan fingerprint density at radius 1 is 1.35 bits per heavy atom. The number of methoxy groups -OCH3 is 1. The van der Waals surface area contributed by atoms with Crippen LogP contribution in [0.2, 0.25) is 0 Å². The maximum atomic E-state index is 12.0. The molecule has 0 radical (unpaired) electrons. The first kappa shape index (κ1) is 13.2. The summed E-state index contributed by atoms with van der Waals surface area (Å²) in [7, 11) is 3.08. The minimum absolute atomic E-state index is 0.0622. The first-order valence-corrected chi connectivity index (χ1v) is 5.48. The van der Waals surface area contributed by atoms with E-state index in [4.69, 9.17) is 0 Å². The highest BCUT2D eigenvalue weighted by Crippen LogP contribution is 2.18. The van der Waals surface area contributed by atoms with Gasteiger partial charge in [-0.3, -0.25) is 9.59 Å². The molecule has 0 aromatic heterocycles. The topological polar surface area (TPSA) is 55.4 Å². The van der Waals surface area contributed by atoms with Crippen LogP contribution in [-0.4, -0.2) is 25.9 Å². The molecule has 1 aromatic carbocycles. The highest BCUT2D eigenvalue weighted by atomic mass is 16.5. The van der Waals surface area contributed by atoms with Crippen molar-refractivity contribution in [3.63, 3.8) is 0 Å². The first-order valence-electron chi connectivity index (χ1n) is 5.48. The van der Waals surface area contributed by atoms with Crippen molar-refractivity contribution in [2.75, 3.05) is 19.5 Å². The van der Waals surface area contributed by atoms with Gasteiger partial charge in [0.1, 0.15) is 0 Å². The maximum absolute atomic E-state index is 12.0. The molecule has 0 heterocycles. The predicted octanol–water partition coefficient (Wildman–Crippen LogP) is 2.11. The van der Waals surface area contributed by atoms with Crippen molar-refractivity contribution in [3.05, 3.63) is 29.8 Å². The molecule has 0 fully saturated rings. The van der Waals surface area contributed by atoms with E-state index < -0.39 is 5.92 Å². The molecule has 0 bridgehead atoms. The summed E-state index contributed by atoms with van der Waals surface area (Å²) in [5.74, 6) is -0.842. The second-order valence-electron chi connectivity index (χ2n) is 3.85. The van der Waals surface area contributed by atoms with Crippen molar-refractivity contribution in [1.82, 2.24) is 0 Å². The summed E-state index contributed by atoms with van der Waals surface area (Å²) >= 11 is 0. The van der Waals surface area contributed by atoms with Crippen molar-refractivity contribution < 1.29 is 14.3 Å². The standard InChI is InChI=1S/C13H17NO3/c1-9(13(16)17-3)8-12(15)10-6-4-5-7-11(10)14-2/h4-7,9,14H,8H2,1-3H3/t9-/m0/s1. The fourth-order valence-electron chi connectivity index (χ4n) is 1.62. The molecule has 4 heteroatoms. The van der Waals surface area contributed by atoms with Gasteiger partial charge in [-0.2, -0.15) is 0 Å². The molecule has 0 aliphatic carbocycles. The summed E-state index contributed by atoms with van der Waals surface area (Å²) in [4.78, 5) is 23.3. The molecule has 4 nitrogen and oxygen atoms in total. The Bertz CT molecular complexity index is 415. The third-order valence-electron chi connectivity index (χ3n) is 2.59. The average molecular weight is 235 g/mol. The lowest BCUT2D eigenvalue weighted by Gasteiger charge is -2.10. The van der Waals surface area contributed by atoms with Crippen LogP contribution in [0.5, 0.6) is 0 Å². The van der Waals surface area contributed by atoms with Crippen LogP contribution in [0.1, 0.15) is 23.7 Å².